The molecule has 0 radical (unpaired) electrons. The number of carbonyl (C=O) groups is 1. The zero-order valence-corrected chi connectivity index (χ0v) is 10.9. The third-order valence-electron chi connectivity index (χ3n) is 2.24. The van der Waals surface area contributed by atoms with Crippen LogP contribution in [0.4, 0.5) is 0 Å². The number of hydrogen-bond acceptors (Lipinski definition) is 5. The second-order valence-corrected chi connectivity index (χ2v) is 3.70. The van der Waals surface area contributed by atoms with E-state index in [1.807, 2.05) is 0 Å². The van der Waals surface area contributed by atoms with Gasteiger partial charge in [0.05, 0.1) is 13.5 Å². The van der Waals surface area contributed by atoms with Crippen LogP contribution in [0.1, 0.15) is 25.7 Å². The number of unbranched alkanes of at least 4 members (excludes halogenated alkanes) is 1. The van der Waals surface area contributed by atoms with Gasteiger partial charge in [-0.25, -0.2) is 0 Å². The quantitative estimate of drug-likeness (QED) is 0.189. The number of carbonyl (C=O) groups excluding carboxylic acids is 1. The summed E-state index contributed by atoms with van der Waals surface area (Å²) in [7, 11) is 1.39. The van der Waals surface area contributed by atoms with Crippen LogP contribution in [0.15, 0.2) is 5.11 Å². The van der Waals surface area contributed by atoms with Crippen molar-refractivity contribution in [3.8, 4) is 0 Å². The highest BCUT2D eigenvalue weighted by atomic mass is 16.5. The van der Waals surface area contributed by atoms with Gasteiger partial charge in [-0.1, -0.05) is 5.11 Å². The van der Waals surface area contributed by atoms with Crippen molar-refractivity contribution in [3.63, 3.8) is 0 Å². The Morgan fingerprint density at radius 1 is 1.28 bits per heavy atom. The Balaban J connectivity index is 3.03. The molecule has 1 N–H and O–H groups in total. The molecule has 0 rings (SSSR count). The van der Waals surface area contributed by atoms with Gasteiger partial charge in [-0.05, 0) is 31.3 Å². The van der Waals surface area contributed by atoms with Gasteiger partial charge >= 0.3 is 5.97 Å². The average molecular weight is 258 g/mol. The molecule has 0 saturated carbocycles. The molecule has 0 aromatic rings. The van der Waals surface area contributed by atoms with E-state index in [0.29, 0.717) is 32.7 Å². The van der Waals surface area contributed by atoms with E-state index < -0.39 is 0 Å². The SMILES string of the molecule is COC(=O)CCNCCCOCCCCN=[N+]=[N-]. The summed E-state index contributed by atoms with van der Waals surface area (Å²) in [6.45, 7) is 3.40. The first kappa shape index (κ1) is 16.7. The topological polar surface area (TPSA) is 96.3 Å². The van der Waals surface area contributed by atoms with Crippen LogP contribution >= 0.6 is 0 Å². The first-order valence-electron chi connectivity index (χ1n) is 6.17. The lowest BCUT2D eigenvalue weighted by atomic mass is 10.3. The second-order valence-electron chi connectivity index (χ2n) is 3.70. The monoisotopic (exact) mass is 258 g/mol. The van der Waals surface area contributed by atoms with Crippen LogP contribution in [0, 0.1) is 0 Å². The molecule has 0 aliphatic heterocycles. The molecule has 0 fully saturated rings. The van der Waals surface area contributed by atoms with Crippen molar-refractivity contribution in [2.75, 3.05) is 40.0 Å². The standard InChI is InChI=1S/C11H22N4O3/c1-17-11(16)5-8-13-6-4-10-18-9-3-2-7-14-15-12/h13H,2-10H2,1H3. The molecule has 18 heavy (non-hydrogen) atoms. The van der Waals surface area contributed by atoms with Gasteiger partial charge in [0.2, 0.25) is 0 Å². The summed E-state index contributed by atoms with van der Waals surface area (Å²) in [6, 6.07) is 0. The molecule has 104 valence electrons. The molecule has 0 saturated heterocycles. The van der Waals surface area contributed by atoms with Gasteiger partial charge in [0.1, 0.15) is 0 Å². The van der Waals surface area contributed by atoms with E-state index in [2.05, 4.69) is 20.1 Å². The van der Waals surface area contributed by atoms with Crippen LogP contribution in [0.25, 0.3) is 10.4 Å². The molecule has 0 spiro atoms. The lowest BCUT2D eigenvalue weighted by molar-refractivity contribution is -0.140. The van der Waals surface area contributed by atoms with Crippen molar-refractivity contribution < 1.29 is 14.3 Å². The largest absolute Gasteiger partial charge is 0.469 e. The molecule has 0 atom stereocenters. The fraction of sp³-hybridized carbons (Fsp3) is 0.909. The number of nitrogens with one attached hydrogen (secondary N) is 1. The minimum Gasteiger partial charge on any atom is -0.469 e. The maximum absolute atomic E-state index is 10.8. The van der Waals surface area contributed by atoms with Crippen LogP contribution in [-0.2, 0) is 14.3 Å². The molecule has 0 aliphatic carbocycles. The number of rotatable bonds is 12. The number of esters is 1. The lowest BCUT2D eigenvalue weighted by Crippen LogP contribution is -2.21. The first-order valence-corrected chi connectivity index (χ1v) is 6.17. The van der Waals surface area contributed by atoms with Crippen LogP contribution in [-0.4, -0.2) is 45.9 Å². The van der Waals surface area contributed by atoms with Gasteiger partial charge in [0, 0.05) is 31.2 Å². The van der Waals surface area contributed by atoms with E-state index in [1.165, 1.54) is 7.11 Å². The van der Waals surface area contributed by atoms with Crippen LogP contribution in [0.3, 0.4) is 0 Å². The molecular formula is C11H22N4O3. The summed E-state index contributed by atoms with van der Waals surface area (Å²) in [5.41, 5.74) is 8.05. The second kappa shape index (κ2) is 13.8. The highest BCUT2D eigenvalue weighted by molar-refractivity contribution is 5.69. The maximum Gasteiger partial charge on any atom is 0.306 e. The summed E-state index contributed by atoms with van der Waals surface area (Å²) >= 11 is 0. The van der Waals surface area contributed by atoms with Crippen molar-refractivity contribution in [3.05, 3.63) is 10.4 Å². The van der Waals surface area contributed by atoms with Gasteiger partial charge in [-0.2, -0.15) is 0 Å². The zero-order valence-electron chi connectivity index (χ0n) is 10.9. The van der Waals surface area contributed by atoms with Crippen molar-refractivity contribution in [1.82, 2.24) is 5.32 Å². The third-order valence-corrected chi connectivity index (χ3v) is 2.24. The molecule has 0 aromatic carbocycles. The highest BCUT2D eigenvalue weighted by Gasteiger charge is 1.97. The normalized spacial score (nSPS) is 9.83. The highest BCUT2D eigenvalue weighted by Crippen LogP contribution is 1.92. The number of ether oxygens (including phenoxy) is 2. The minimum absolute atomic E-state index is 0.196. The van der Waals surface area contributed by atoms with Crippen molar-refractivity contribution in [1.29, 1.82) is 0 Å². The Morgan fingerprint density at radius 2 is 2.06 bits per heavy atom. The van der Waals surface area contributed by atoms with Crippen molar-refractivity contribution in [2.45, 2.75) is 25.7 Å². The minimum atomic E-state index is -0.196. The summed E-state index contributed by atoms with van der Waals surface area (Å²) in [4.78, 5) is 13.5. The number of methoxy groups -OCH3 is 1. The Morgan fingerprint density at radius 3 is 2.78 bits per heavy atom. The van der Waals surface area contributed by atoms with Gasteiger partial charge in [-0.3, -0.25) is 4.79 Å². The van der Waals surface area contributed by atoms with Gasteiger partial charge in [0.15, 0.2) is 0 Å². The van der Waals surface area contributed by atoms with E-state index in [9.17, 15) is 4.79 Å². The molecule has 7 nitrogen and oxygen atoms in total. The molecule has 7 heteroatoms. The van der Waals surface area contributed by atoms with Crippen LogP contribution in [0.2, 0.25) is 0 Å². The molecule has 0 aliphatic rings. The predicted octanol–water partition coefficient (Wildman–Crippen LogP) is 1.64. The van der Waals surface area contributed by atoms with Crippen molar-refractivity contribution >= 4 is 5.97 Å². The Labute approximate surface area is 107 Å². The van der Waals surface area contributed by atoms with Gasteiger partial charge in [-0.15, -0.1) is 0 Å². The number of nitrogens with zero attached hydrogens (tertiary/aromatic N) is 3. The molecule has 0 heterocycles. The fourth-order valence-corrected chi connectivity index (χ4v) is 1.25. The Kier molecular flexibility index (Phi) is 12.8. The molecule has 0 aromatic heterocycles. The zero-order chi connectivity index (χ0) is 13.5. The van der Waals surface area contributed by atoms with Gasteiger partial charge in [0.25, 0.3) is 0 Å². The summed E-state index contributed by atoms with van der Waals surface area (Å²) in [5.74, 6) is -0.196. The average Bonchev–Trinajstić information content (AvgIpc) is 2.39. The number of azide groups is 1. The lowest BCUT2D eigenvalue weighted by Gasteiger charge is -2.05. The van der Waals surface area contributed by atoms with Crippen LogP contribution < -0.4 is 5.32 Å². The maximum atomic E-state index is 10.8. The third kappa shape index (κ3) is 12.8. The molecule has 0 bridgehead atoms. The van der Waals surface area contributed by atoms with E-state index in [0.717, 1.165) is 25.8 Å². The number of hydrogen-bond donors (Lipinski definition) is 1. The Bertz CT molecular complexity index is 255. The van der Waals surface area contributed by atoms with E-state index in [-0.39, 0.29) is 5.97 Å². The summed E-state index contributed by atoms with van der Waals surface area (Å²) in [5, 5.41) is 6.57. The van der Waals surface area contributed by atoms with Crippen molar-refractivity contribution in [2.24, 2.45) is 5.11 Å². The van der Waals surface area contributed by atoms with E-state index in [4.69, 9.17) is 10.3 Å². The summed E-state index contributed by atoms with van der Waals surface area (Å²) in [6.07, 6.45) is 3.09. The molecule has 0 unspecified atom stereocenters. The van der Waals surface area contributed by atoms with Crippen LogP contribution in [0.5, 0.6) is 0 Å². The molecule has 0 amide bonds. The summed E-state index contributed by atoms with van der Waals surface area (Å²) < 4.78 is 9.91. The van der Waals surface area contributed by atoms with E-state index in [1.54, 1.807) is 0 Å². The van der Waals surface area contributed by atoms with Gasteiger partial charge < -0.3 is 14.8 Å². The first-order chi connectivity index (χ1) is 8.81. The molecular weight excluding hydrogens is 236 g/mol. The Hall–Kier alpha value is -1.30. The fourth-order valence-electron chi connectivity index (χ4n) is 1.25. The van der Waals surface area contributed by atoms with E-state index >= 15 is 0 Å². The predicted molar refractivity (Wildman–Crippen MR) is 68.2 cm³/mol. The smallest absolute Gasteiger partial charge is 0.306 e.